The third kappa shape index (κ3) is 3.78. The van der Waals surface area contributed by atoms with Crippen LogP contribution in [0.2, 0.25) is 0 Å². The van der Waals surface area contributed by atoms with E-state index in [4.69, 9.17) is 10.7 Å². The Morgan fingerprint density at radius 3 is 2.68 bits per heavy atom. The van der Waals surface area contributed by atoms with E-state index in [1.54, 1.807) is 25.1 Å². The molecule has 0 saturated carbocycles. The summed E-state index contributed by atoms with van der Waals surface area (Å²) in [4.78, 5) is 25.1. The standard InChI is InChI=1S/C14H16ClNO5S/c1-9-5-11(3-4-12(9)14(18)21-2)16-7-10(6-13(16)17)8-22(15,19)20/h3-5,10H,6-8H2,1-2H3. The average molecular weight is 346 g/mol. The van der Waals surface area contributed by atoms with E-state index in [2.05, 4.69) is 4.74 Å². The van der Waals surface area contributed by atoms with Gasteiger partial charge in [0.05, 0.1) is 18.4 Å². The summed E-state index contributed by atoms with van der Waals surface area (Å²) < 4.78 is 26.9. The highest BCUT2D eigenvalue weighted by Gasteiger charge is 2.33. The maximum atomic E-state index is 12.1. The number of nitrogens with zero attached hydrogens (tertiary/aromatic N) is 1. The van der Waals surface area contributed by atoms with Crippen LogP contribution in [0.25, 0.3) is 0 Å². The zero-order valence-corrected chi connectivity index (χ0v) is 13.8. The predicted molar refractivity (Wildman–Crippen MR) is 82.6 cm³/mol. The van der Waals surface area contributed by atoms with E-state index in [1.165, 1.54) is 12.0 Å². The van der Waals surface area contributed by atoms with Crippen molar-refractivity contribution in [3.05, 3.63) is 29.3 Å². The van der Waals surface area contributed by atoms with Crippen LogP contribution in [0.15, 0.2) is 18.2 Å². The van der Waals surface area contributed by atoms with E-state index in [0.717, 1.165) is 0 Å². The Hall–Kier alpha value is -1.60. The highest BCUT2D eigenvalue weighted by molar-refractivity contribution is 8.13. The number of amides is 1. The van der Waals surface area contributed by atoms with Crippen molar-refractivity contribution in [2.24, 2.45) is 5.92 Å². The lowest BCUT2D eigenvalue weighted by Crippen LogP contribution is -2.25. The zero-order chi connectivity index (χ0) is 16.5. The summed E-state index contributed by atoms with van der Waals surface area (Å²) in [7, 11) is 2.91. The van der Waals surface area contributed by atoms with Crippen molar-refractivity contribution in [2.75, 3.05) is 24.3 Å². The zero-order valence-electron chi connectivity index (χ0n) is 12.2. The molecule has 22 heavy (non-hydrogen) atoms. The summed E-state index contributed by atoms with van der Waals surface area (Å²) in [6.45, 7) is 2.04. The van der Waals surface area contributed by atoms with Gasteiger partial charge in [0.2, 0.25) is 15.0 Å². The number of aryl methyl sites for hydroxylation is 1. The van der Waals surface area contributed by atoms with Crippen LogP contribution in [0.1, 0.15) is 22.3 Å². The lowest BCUT2D eigenvalue weighted by molar-refractivity contribution is -0.117. The predicted octanol–water partition coefficient (Wildman–Crippen LogP) is 1.70. The Morgan fingerprint density at radius 2 is 2.14 bits per heavy atom. The first-order valence-corrected chi connectivity index (χ1v) is 9.11. The van der Waals surface area contributed by atoms with Crippen LogP contribution in [0.3, 0.4) is 0 Å². The molecule has 2 rings (SSSR count). The number of halogens is 1. The van der Waals surface area contributed by atoms with E-state index in [9.17, 15) is 18.0 Å². The van der Waals surface area contributed by atoms with Crippen LogP contribution in [0, 0.1) is 12.8 Å². The molecular formula is C14H16ClNO5S. The van der Waals surface area contributed by atoms with Gasteiger partial charge in [-0.1, -0.05) is 0 Å². The summed E-state index contributed by atoms with van der Waals surface area (Å²) in [5, 5.41) is 0. The van der Waals surface area contributed by atoms with Gasteiger partial charge >= 0.3 is 5.97 Å². The minimum absolute atomic E-state index is 0.143. The largest absolute Gasteiger partial charge is 0.465 e. The first-order chi connectivity index (χ1) is 10.2. The molecule has 1 atom stereocenters. The minimum Gasteiger partial charge on any atom is -0.465 e. The molecular weight excluding hydrogens is 330 g/mol. The number of benzene rings is 1. The molecule has 1 fully saturated rings. The lowest BCUT2D eigenvalue weighted by atomic mass is 10.1. The van der Waals surface area contributed by atoms with Crippen LogP contribution in [0.4, 0.5) is 5.69 Å². The summed E-state index contributed by atoms with van der Waals surface area (Å²) in [6.07, 6.45) is 0.143. The maximum absolute atomic E-state index is 12.1. The third-order valence-electron chi connectivity index (χ3n) is 3.57. The number of hydrogen-bond acceptors (Lipinski definition) is 5. The molecule has 1 aliphatic rings. The van der Waals surface area contributed by atoms with Gasteiger partial charge in [0.25, 0.3) is 0 Å². The van der Waals surface area contributed by atoms with Crippen molar-refractivity contribution >= 4 is 37.3 Å². The van der Waals surface area contributed by atoms with Gasteiger partial charge in [-0.2, -0.15) is 0 Å². The topological polar surface area (TPSA) is 80.8 Å². The molecule has 6 nitrogen and oxygen atoms in total. The van der Waals surface area contributed by atoms with Gasteiger partial charge in [-0.15, -0.1) is 0 Å². The molecule has 0 aliphatic carbocycles. The van der Waals surface area contributed by atoms with E-state index < -0.39 is 15.0 Å². The molecule has 0 aromatic heterocycles. The van der Waals surface area contributed by atoms with Crippen molar-refractivity contribution in [3.63, 3.8) is 0 Å². The highest BCUT2D eigenvalue weighted by atomic mass is 35.7. The van der Waals surface area contributed by atoms with E-state index >= 15 is 0 Å². The van der Waals surface area contributed by atoms with Crippen LogP contribution in [-0.2, 0) is 18.6 Å². The Balaban J connectivity index is 2.20. The maximum Gasteiger partial charge on any atom is 0.338 e. The third-order valence-corrected chi connectivity index (χ3v) is 4.81. The number of hydrogen-bond donors (Lipinski definition) is 0. The van der Waals surface area contributed by atoms with E-state index in [1.807, 2.05) is 0 Å². The van der Waals surface area contributed by atoms with Crippen molar-refractivity contribution in [2.45, 2.75) is 13.3 Å². The van der Waals surface area contributed by atoms with Crippen LogP contribution >= 0.6 is 10.7 Å². The van der Waals surface area contributed by atoms with Crippen LogP contribution < -0.4 is 4.90 Å². The van der Waals surface area contributed by atoms with Gasteiger partial charge in [0, 0.05) is 35.3 Å². The molecule has 1 aromatic rings. The molecule has 1 unspecified atom stereocenters. The smallest absolute Gasteiger partial charge is 0.338 e. The Morgan fingerprint density at radius 1 is 1.45 bits per heavy atom. The molecule has 0 radical (unpaired) electrons. The quantitative estimate of drug-likeness (QED) is 0.613. The van der Waals surface area contributed by atoms with Gasteiger partial charge in [-0.25, -0.2) is 13.2 Å². The molecule has 0 spiro atoms. The minimum atomic E-state index is -3.63. The van der Waals surface area contributed by atoms with Crippen molar-refractivity contribution in [3.8, 4) is 0 Å². The molecule has 1 heterocycles. The Labute approximate surface area is 133 Å². The van der Waals surface area contributed by atoms with Gasteiger partial charge in [-0.05, 0) is 30.7 Å². The molecule has 8 heteroatoms. The summed E-state index contributed by atoms with van der Waals surface area (Å²) in [6, 6.07) is 4.95. The fourth-order valence-corrected chi connectivity index (χ4v) is 3.90. The first-order valence-electron chi connectivity index (χ1n) is 6.63. The number of esters is 1. The van der Waals surface area contributed by atoms with Crippen molar-refractivity contribution in [1.82, 2.24) is 0 Å². The van der Waals surface area contributed by atoms with Gasteiger partial charge in [-0.3, -0.25) is 4.79 Å². The molecule has 1 aliphatic heterocycles. The second-order valence-corrected chi connectivity index (χ2v) is 8.09. The number of carbonyl (C=O) groups excluding carboxylic acids is 2. The van der Waals surface area contributed by atoms with Gasteiger partial charge in [0.1, 0.15) is 0 Å². The molecule has 120 valence electrons. The molecule has 0 bridgehead atoms. The number of rotatable bonds is 4. The highest BCUT2D eigenvalue weighted by Crippen LogP contribution is 2.28. The summed E-state index contributed by atoms with van der Waals surface area (Å²) in [5.41, 5.74) is 1.74. The SMILES string of the molecule is COC(=O)c1ccc(N2CC(CS(=O)(=O)Cl)CC2=O)cc1C. The lowest BCUT2D eigenvalue weighted by Gasteiger charge is -2.18. The average Bonchev–Trinajstić information content (AvgIpc) is 2.76. The fourth-order valence-electron chi connectivity index (χ4n) is 2.58. The van der Waals surface area contributed by atoms with E-state index in [-0.39, 0.29) is 24.0 Å². The summed E-state index contributed by atoms with van der Waals surface area (Å²) >= 11 is 0. The number of anilines is 1. The monoisotopic (exact) mass is 345 g/mol. The Kier molecular flexibility index (Phi) is 4.77. The second kappa shape index (κ2) is 6.26. The van der Waals surface area contributed by atoms with E-state index in [0.29, 0.717) is 23.4 Å². The molecule has 1 aromatic carbocycles. The molecule has 0 N–H and O–H groups in total. The molecule has 1 amide bonds. The first kappa shape index (κ1) is 16.8. The van der Waals surface area contributed by atoms with Crippen molar-refractivity contribution in [1.29, 1.82) is 0 Å². The number of methoxy groups -OCH3 is 1. The van der Waals surface area contributed by atoms with Gasteiger partial charge in [0.15, 0.2) is 0 Å². The number of carbonyl (C=O) groups is 2. The number of ether oxygens (including phenoxy) is 1. The van der Waals surface area contributed by atoms with Crippen molar-refractivity contribution < 1.29 is 22.7 Å². The van der Waals surface area contributed by atoms with Gasteiger partial charge < -0.3 is 9.64 Å². The normalized spacial score (nSPS) is 18.6. The second-order valence-electron chi connectivity index (χ2n) is 5.27. The van der Waals surface area contributed by atoms with Crippen LogP contribution in [-0.4, -0.2) is 39.7 Å². The van der Waals surface area contributed by atoms with Crippen LogP contribution in [0.5, 0.6) is 0 Å². The Bertz CT molecular complexity index is 716. The summed E-state index contributed by atoms with van der Waals surface area (Å²) in [5.74, 6) is -1.15. The molecule has 1 saturated heterocycles. The fraction of sp³-hybridized carbons (Fsp3) is 0.429.